The minimum atomic E-state index is -0.781. The molecule has 180 valence electrons. The molecule has 7 heteroatoms. The van der Waals surface area contributed by atoms with Gasteiger partial charge in [-0.3, -0.25) is 14.6 Å². The van der Waals surface area contributed by atoms with Crippen LogP contribution >= 0.6 is 0 Å². The fourth-order valence-corrected chi connectivity index (χ4v) is 5.90. The summed E-state index contributed by atoms with van der Waals surface area (Å²) in [5.74, 6) is 0.638. The summed E-state index contributed by atoms with van der Waals surface area (Å²) in [7, 11) is 3.24. The molecule has 2 aromatic carbocycles. The molecule has 0 radical (unpaired) electrons. The Labute approximate surface area is 201 Å². The molecule has 7 nitrogen and oxygen atoms in total. The highest BCUT2D eigenvalue weighted by molar-refractivity contribution is 6.07. The lowest BCUT2D eigenvalue weighted by molar-refractivity contribution is -0.136. The van der Waals surface area contributed by atoms with Crippen LogP contribution in [0.4, 0.5) is 4.79 Å². The molecule has 0 unspecified atom stereocenters. The van der Waals surface area contributed by atoms with Crippen LogP contribution < -0.4 is 4.74 Å². The van der Waals surface area contributed by atoms with Gasteiger partial charge in [-0.1, -0.05) is 36.4 Å². The molecule has 3 aliphatic rings. The van der Waals surface area contributed by atoms with Gasteiger partial charge in [0.2, 0.25) is 0 Å². The Bertz CT molecular complexity index is 1040. The smallest absolute Gasteiger partial charge is 0.328 e. The van der Waals surface area contributed by atoms with E-state index in [4.69, 9.17) is 9.47 Å². The number of urea groups is 1. The molecule has 0 aromatic heterocycles. The van der Waals surface area contributed by atoms with Gasteiger partial charge in [0.15, 0.2) is 0 Å². The SMILES string of the molecule is COCCN1C(=O)N(Cc2cccc(OC)c2)C(=O)C12CCN(C1Cc3ccccc3C1)CC2. The second kappa shape index (κ2) is 9.39. The molecule has 1 spiro atoms. The van der Waals surface area contributed by atoms with Crippen LogP contribution in [0, 0.1) is 0 Å². The standard InChI is InChI=1S/C27H33N3O4/c1-33-15-14-30-26(32)29(19-20-6-5-9-24(16-20)34-2)25(31)27(30)10-12-28(13-11-27)23-17-21-7-3-4-8-22(21)18-23/h3-9,16,23H,10-15,17-19H2,1-2H3. The van der Waals surface area contributed by atoms with Gasteiger partial charge in [0, 0.05) is 32.8 Å². The molecule has 0 saturated carbocycles. The number of carbonyl (C=O) groups is 2. The highest BCUT2D eigenvalue weighted by Gasteiger charge is 2.58. The molecule has 0 bridgehead atoms. The number of ether oxygens (including phenoxy) is 2. The molecule has 3 amide bonds. The number of rotatable bonds is 7. The summed E-state index contributed by atoms with van der Waals surface area (Å²) in [4.78, 5) is 33.0. The number of likely N-dealkylation sites (tertiary alicyclic amines) is 1. The van der Waals surface area contributed by atoms with Crippen molar-refractivity contribution in [2.45, 2.75) is 43.8 Å². The van der Waals surface area contributed by atoms with E-state index in [1.165, 1.54) is 16.0 Å². The Kier molecular flexibility index (Phi) is 6.32. The maximum Gasteiger partial charge on any atom is 0.328 e. The second-order valence-corrected chi connectivity index (χ2v) is 9.57. The minimum absolute atomic E-state index is 0.0780. The number of hydrogen-bond acceptors (Lipinski definition) is 5. The first-order valence-electron chi connectivity index (χ1n) is 12.1. The quantitative estimate of drug-likeness (QED) is 0.591. The Morgan fingerprint density at radius 2 is 1.68 bits per heavy atom. The summed E-state index contributed by atoms with van der Waals surface area (Å²) in [6, 6.07) is 16.5. The van der Waals surface area contributed by atoms with E-state index in [2.05, 4.69) is 29.2 Å². The van der Waals surface area contributed by atoms with Crippen molar-refractivity contribution < 1.29 is 19.1 Å². The summed E-state index contributed by atoms with van der Waals surface area (Å²) in [6.07, 6.45) is 3.43. The Morgan fingerprint density at radius 3 is 2.32 bits per heavy atom. The molecule has 2 saturated heterocycles. The molecule has 5 rings (SSSR count). The third-order valence-corrected chi connectivity index (χ3v) is 7.79. The molecule has 1 aliphatic carbocycles. The van der Waals surface area contributed by atoms with Gasteiger partial charge in [-0.15, -0.1) is 0 Å². The summed E-state index contributed by atoms with van der Waals surface area (Å²) in [5, 5.41) is 0. The van der Waals surface area contributed by atoms with Gasteiger partial charge in [0.25, 0.3) is 5.91 Å². The van der Waals surface area contributed by atoms with Crippen LogP contribution in [-0.4, -0.2) is 78.7 Å². The minimum Gasteiger partial charge on any atom is -0.497 e. The molecule has 2 fully saturated rings. The van der Waals surface area contributed by atoms with Crippen LogP contribution in [-0.2, 0) is 28.9 Å². The monoisotopic (exact) mass is 463 g/mol. The van der Waals surface area contributed by atoms with E-state index >= 15 is 0 Å². The van der Waals surface area contributed by atoms with Crippen LogP contribution in [0.2, 0.25) is 0 Å². The van der Waals surface area contributed by atoms with Crippen molar-refractivity contribution in [1.82, 2.24) is 14.7 Å². The van der Waals surface area contributed by atoms with Crippen molar-refractivity contribution in [2.24, 2.45) is 0 Å². The van der Waals surface area contributed by atoms with E-state index in [9.17, 15) is 9.59 Å². The van der Waals surface area contributed by atoms with Gasteiger partial charge in [0.1, 0.15) is 11.3 Å². The van der Waals surface area contributed by atoms with E-state index in [0.29, 0.717) is 37.8 Å². The lowest BCUT2D eigenvalue weighted by Gasteiger charge is -2.44. The van der Waals surface area contributed by atoms with Gasteiger partial charge in [-0.2, -0.15) is 0 Å². The first kappa shape index (κ1) is 22.9. The number of nitrogens with zero attached hydrogens (tertiary/aromatic N) is 3. The zero-order valence-corrected chi connectivity index (χ0v) is 20.0. The molecular weight excluding hydrogens is 430 g/mol. The number of amides is 3. The number of hydrogen-bond donors (Lipinski definition) is 0. The number of imide groups is 1. The van der Waals surface area contributed by atoms with E-state index in [0.717, 1.165) is 31.5 Å². The van der Waals surface area contributed by atoms with E-state index < -0.39 is 5.54 Å². The predicted molar refractivity (Wildman–Crippen MR) is 129 cm³/mol. The molecule has 0 atom stereocenters. The van der Waals surface area contributed by atoms with Crippen molar-refractivity contribution in [1.29, 1.82) is 0 Å². The maximum absolute atomic E-state index is 13.8. The molecule has 2 aliphatic heterocycles. The summed E-state index contributed by atoms with van der Waals surface area (Å²) < 4.78 is 10.6. The van der Waals surface area contributed by atoms with Gasteiger partial charge < -0.3 is 14.4 Å². The number of methoxy groups -OCH3 is 2. The third kappa shape index (κ3) is 3.97. The van der Waals surface area contributed by atoms with Gasteiger partial charge >= 0.3 is 6.03 Å². The van der Waals surface area contributed by atoms with Crippen molar-refractivity contribution in [3.63, 3.8) is 0 Å². The first-order chi connectivity index (χ1) is 16.6. The summed E-state index contributed by atoms with van der Waals surface area (Å²) in [5.41, 5.74) is 2.97. The number of benzene rings is 2. The third-order valence-electron chi connectivity index (χ3n) is 7.79. The zero-order valence-electron chi connectivity index (χ0n) is 20.0. The second-order valence-electron chi connectivity index (χ2n) is 9.57. The highest BCUT2D eigenvalue weighted by Crippen LogP contribution is 2.39. The van der Waals surface area contributed by atoms with E-state index in [1.807, 2.05) is 24.3 Å². The Hall–Kier alpha value is -2.90. The van der Waals surface area contributed by atoms with Gasteiger partial charge in [0.05, 0.1) is 20.3 Å². The van der Waals surface area contributed by atoms with Crippen molar-refractivity contribution in [3.8, 4) is 5.75 Å². The molecule has 2 aromatic rings. The molecule has 2 heterocycles. The maximum atomic E-state index is 13.8. The zero-order chi connectivity index (χ0) is 23.7. The van der Waals surface area contributed by atoms with Crippen LogP contribution in [0.25, 0.3) is 0 Å². The Morgan fingerprint density at radius 1 is 0.971 bits per heavy atom. The average Bonchev–Trinajstić information content (AvgIpc) is 3.38. The van der Waals surface area contributed by atoms with Gasteiger partial charge in [-0.25, -0.2) is 4.79 Å². The number of fused-ring (bicyclic) bond motifs is 1. The highest BCUT2D eigenvalue weighted by atomic mass is 16.5. The molecular formula is C27H33N3O4. The summed E-state index contributed by atoms with van der Waals surface area (Å²) >= 11 is 0. The topological polar surface area (TPSA) is 62.3 Å². The van der Waals surface area contributed by atoms with E-state index in [1.54, 1.807) is 19.1 Å². The number of piperidine rings is 1. The normalized spacial score (nSPS) is 20.4. The Balaban J connectivity index is 1.33. The van der Waals surface area contributed by atoms with Crippen LogP contribution in [0.15, 0.2) is 48.5 Å². The molecule has 34 heavy (non-hydrogen) atoms. The molecule has 0 N–H and O–H groups in total. The van der Waals surface area contributed by atoms with Crippen molar-refractivity contribution in [2.75, 3.05) is 40.5 Å². The van der Waals surface area contributed by atoms with Crippen molar-refractivity contribution in [3.05, 3.63) is 65.2 Å². The predicted octanol–water partition coefficient (Wildman–Crippen LogP) is 3.11. The fraction of sp³-hybridized carbons (Fsp3) is 0.481. The van der Waals surface area contributed by atoms with Crippen LogP contribution in [0.5, 0.6) is 5.75 Å². The van der Waals surface area contributed by atoms with Crippen LogP contribution in [0.3, 0.4) is 0 Å². The average molecular weight is 464 g/mol. The lowest BCUT2D eigenvalue weighted by atomic mass is 9.85. The lowest BCUT2D eigenvalue weighted by Crippen LogP contribution is -2.58. The van der Waals surface area contributed by atoms with Gasteiger partial charge in [-0.05, 0) is 54.5 Å². The largest absolute Gasteiger partial charge is 0.497 e. The van der Waals surface area contributed by atoms with Crippen molar-refractivity contribution >= 4 is 11.9 Å². The van der Waals surface area contributed by atoms with Crippen LogP contribution in [0.1, 0.15) is 29.5 Å². The first-order valence-corrected chi connectivity index (χ1v) is 12.1. The fourth-order valence-electron chi connectivity index (χ4n) is 5.90. The van der Waals surface area contributed by atoms with E-state index in [-0.39, 0.29) is 18.5 Å². The summed E-state index contributed by atoms with van der Waals surface area (Å²) in [6.45, 7) is 2.71. The number of carbonyl (C=O) groups excluding carboxylic acids is 2.